The van der Waals surface area contributed by atoms with Gasteiger partial charge < -0.3 is 19.9 Å². The maximum Gasteiger partial charge on any atom is 0.317 e. The quantitative estimate of drug-likeness (QED) is 0.827. The van der Waals surface area contributed by atoms with Crippen molar-refractivity contribution in [2.75, 3.05) is 32.6 Å². The van der Waals surface area contributed by atoms with Crippen LogP contribution in [0.5, 0.6) is 11.5 Å². The van der Waals surface area contributed by atoms with Crippen LogP contribution in [-0.2, 0) is 9.59 Å². The first-order valence-electron chi connectivity index (χ1n) is 7.54. The number of piperidine rings is 1. The Balaban J connectivity index is 2.09. The highest BCUT2D eigenvalue weighted by atomic mass is 16.5. The third kappa shape index (κ3) is 4.35. The number of nitrogens with one attached hydrogen (secondary N) is 1. The zero-order valence-electron chi connectivity index (χ0n) is 13.4. The molecular formula is C16H22N2O5. The summed E-state index contributed by atoms with van der Waals surface area (Å²) >= 11 is 0. The van der Waals surface area contributed by atoms with E-state index in [0.717, 1.165) is 12.8 Å². The molecule has 23 heavy (non-hydrogen) atoms. The second-order valence-corrected chi connectivity index (χ2v) is 5.43. The molecule has 1 aliphatic rings. The average Bonchev–Trinajstić information content (AvgIpc) is 2.54. The molecule has 0 aromatic heterocycles. The molecule has 1 amide bonds. The molecule has 2 rings (SSSR count). The van der Waals surface area contributed by atoms with Crippen molar-refractivity contribution in [1.29, 1.82) is 0 Å². The number of likely N-dealkylation sites (tertiary alicyclic amines) is 1. The Morgan fingerprint density at radius 1 is 1.26 bits per heavy atom. The van der Waals surface area contributed by atoms with Gasteiger partial charge in [0, 0.05) is 11.8 Å². The second-order valence-electron chi connectivity index (χ2n) is 5.43. The molecule has 7 nitrogen and oxygen atoms in total. The van der Waals surface area contributed by atoms with Crippen molar-refractivity contribution >= 4 is 17.6 Å². The van der Waals surface area contributed by atoms with E-state index < -0.39 is 12.0 Å². The normalized spacial score (nSPS) is 18.3. The van der Waals surface area contributed by atoms with E-state index in [4.69, 9.17) is 14.6 Å². The van der Waals surface area contributed by atoms with E-state index in [1.807, 2.05) is 0 Å². The van der Waals surface area contributed by atoms with Gasteiger partial charge in [-0.1, -0.05) is 6.42 Å². The third-order valence-electron chi connectivity index (χ3n) is 3.91. The van der Waals surface area contributed by atoms with Gasteiger partial charge >= 0.3 is 5.97 Å². The lowest BCUT2D eigenvalue weighted by Gasteiger charge is -2.33. The average molecular weight is 322 g/mol. The highest BCUT2D eigenvalue weighted by Gasteiger charge is 2.30. The topological polar surface area (TPSA) is 88.1 Å². The summed E-state index contributed by atoms with van der Waals surface area (Å²) in [6.45, 7) is 0.500. The molecule has 7 heteroatoms. The monoisotopic (exact) mass is 322 g/mol. The van der Waals surface area contributed by atoms with Crippen LogP contribution in [0, 0.1) is 0 Å². The van der Waals surface area contributed by atoms with Gasteiger partial charge in [0.1, 0.15) is 0 Å². The SMILES string of the molecule is COc1ccc(NC(=O)[C@H]2CCCCN2CC(=O)O)cc1OC. The summed E-state index contributed by atoms with van der Waals surface area (Å²) in [5.74, 6) is -0.0130. The first-order chi connectivity index (χ1) is 11.0. The van der Waals surface area contributed by atoms with Crippen LogP contribution in [0.15, 0.2) is 18.2 Å². The Bertz CT molecular complexity index is 576. The molecule has 0 aliphatic carbocycles. The van der Waals surface area contributed by atoms with Gasteiger partial charge in [0.25, 0.3) is 0 Å². The Hall–Kier alpha value is -2.28. The van der Waals surface area contributed by atoms with Crippen molar-refractivity contribution in [3.05, 3.63) is 18.2 Å². The number of hydrogen-bond donors (Lipinski definition) is 2. The minimum absolute atomic E-state index is 0.121. The van der Waals surface area contributed by atoms with Crippen LogP contribution in [0.3, 0.4) is 0 Å². The van der Waals surface area contributed by atoms with Crippen LogP contribution >= 0.6 is 0 Å². The number of carbonyl (C=O) groups is 2. The zero-order valence-corrected chi connectivity index (χ0v) is 13.4. The Morgan fingerprint density at radius 2 is 2.00 bits per heavy atom. The molecule has 1 atom stereocenters. The Labute approximate surface area is 135 Å². The van der Waals surface area contributed by atoms with Crippen molar-refractivity contribution in [2.24, 2.45) is 0 Å². The number of methoxy groups -OCH3 is 2. The fraction of sp³-hybridized carbons (Fsp3) is 0.500. The molecule has 0 bridgehead atoms. The molecular weight excluding hydrogens is 300 g/mol. The maximum atomic E-state index is 12.5. The van der Waals surface area contributed by atoms with Crippen LogP contribution in [0.1, 0.15) is 19.3 Å². The number of anilines is 1. The van der Waals surface area contributed by atoms with Gasteiger partial charge in [0.2, 0.25) is 5.91 Å². The minimum atomic E-state index is -0.921. The molecule has 1 aliphatic heterocycles. The summed E-state index contributed by atoms with van der Waals surface area (Å²) in [5, 5.41) is 11.8. The van der Waals surface area contributed by atoms with E-state index in [1.165, 1.54) is 7.11 Å². The molecule has 1 heterocycles. The van der Waals surface area contributed by atoms with Gasteiger partial charge in [-0.05, 0) is 31.5 Å². The summed E-state index contributed by atoms with van der Waals surface area (Å²) < 4.78 is 10.4. The summed E-state index contributed by atoms with van der Waals surface area (Å²) in [7, 11) is 3.07. The molecule has 1 saturated heterocycles. The number of benzene rings is 1. The van der Waals surface area contributed by atoms with E-state index >= 15 is 0 Å². The van der Waals surface area contributed by atoms with Crippen molar-refractivity contribution in [2.45, 2.75) is 25.3 Å². The largest absolute Gasteiger partial charge is 0.493 e. The van der Waals surface area contributed by atoms with Crippen LogP contribution in [0.2, 0.25) is 0 Å². The van der Waals surface area contributed by atoms with E-state index in [9.17, 15) is 9.59 Å². The van der Waals surface area contributed by atoms with Gasteiger partial charge in [0.05, 0.1) is 26.8 Å². The van der Waals surface area contributed by atoms with E-state index in [1.54, 1.807) is 30.2 Å². The molecule has 1 aromatic rings. The first kappa shape index (κ1) is 17.1. The number of carboxylic acids is 1. The number of nitrogens with zero attached hydrogens (tertiary/aromatic N) is 1. The van der Waals surface area contributed by atoms with Crippen molar-refractivity contribution in [3.63, 3.8) is 0 Å². The summed E-state index contributed by atoms with van der Waals surface area (Å²) in [5.41, 5.74) is 0.591. The van der Waals surface area contributed by atoms with Gasteiger partial charge in [-0.25, -0.2) is 0 Å². The third-order valence-corrected chi connectivity index (χ3v) is 3.91. The molecule has 2 N–H and O–H groups in total. The number of carboxylic acid groups (broad SMARTS) is 1. The Morgan fingerprint density at radius 3 is 2.65 bits per heavy atom. The fourth-order valence-corrected chi connectivity index (χ4v) is 2.79. The molecule has 0 unspecified atom stereocenters. The fourth-order valence-electron chi connectivity index (χ4n) is 2.79. The summed E-state index contributed by atoms with van der Waals surface area (Å²) in [6.07, 6.45) is 2.49. The van der Waals surface area contributed by atoms with Crippen molar-refractivity contribution < 1.29 is 24.2 Å². The lowest BCUT2D eigenvalue weighted by atomic mass is 10.0. The van der Waals surface area contributed by atoms with Gasteiger partial charge in [-0.3, -0.25) is 14.5 Å². The van der Waals surface area contributed by atoms with E-state index in [2.05, 4.69) is 5.32 Å². The maximum absolute atomic E-state index is 12.5. The number of hydrogen-bond acceptors (Lipinski definition) is 5. The van der Waals surface area contributed by atoms with Gasteiger partial charge in [-0.15, -0.1) is 0 Å². The molecule has 1 aromatic carbocycles. The number of amides is 1. The number of rotatable bonds is 6. The van der Waals surface area contributed by atoms with E-state index in [0.29, 0.717) is 30.2 Å². The summed E-state index contributed by atoms with van der Waals surface area (Å²) in [4.78, 5) is 25.2. The number of aliphatic carboxylic acids is 1. The highest BCUT2D eigenvalue weighted by Crippen LogP contribution is 2.30. The van der Waals surface area contributed by atoms with Crippen LogP contribution < -0.4 is 14.8 Å². The standard InChI is InChI=1S/C16H22N2O5/c1-22-13-7-6-11(9-14(13)23-2)17-16(21)12-5-3-4-8-18(12)10-15(19)20/h6-7,9,12H,3-5,8,10H2,1-2H3,(H,17,21)(H,19,20)/t12-/m1/s1. The lowest BCUT2D eigenvalue weighted by molar-refractivity contribution is -0.140. The van der Waals surface area contributed by atoms with Crippen molar-refractivity contribution in [3.8, 4) is 11.5 Å². The summed E-state index contributed by atoms with van der Waals surface area (Å²) in [6, 6.07) is 4.70. The van der Waals surface area contributed by atoms with Crippen LogP contribution in [0.4, 0.5) is 5.69 Å². The zero-order chi connectivity index (χ0) is 16.8. The molecule has 1 fully saturated rings. The number of carbonyl (C=O) groups excluding carboxylic acids is 1. The second kappa shape index (κ2) is 7.82. The predicted octanol–water partition coefficient (Wildman–Crippen LogP) is 1.58. The minimum Gasteiger partial charge on any atom is -0.493 e. The predicted molar refractivity (Wildman–Crippen MR) is 85.0 cm³/mol. The van der Waals surface area contributed by atoms with Crippen molar-refractivity contribution in [1.82, 2.24) is 4.90 Å². The molecule has 0 radical (unpaired) electrons. The van der Waals surface area contributed by atoms with Gasteiger partial charge in [-0.2, -0.15) is 0 Å². The van der Waals surface area contributed by atoms with Crippen LogP contribution in [0.25, 0.3) is 0 Å². The Kier molecular flexibility index (Phi) is 5.81. The van der Waals surface area contributed by atoms with Gasteiger partial charge in [0.15, 0.2) is 11.5 Å². The molecule has 0 saturated carbocycles. The van der Waals surface area contributed by atoms with Crippen LogP contribution in [-0.4, -0.2) is 55.2 Å². The first-order valence-corrected chi connectivity index (χ1v) is 7.54. The number of ether oxygens (including phenoxy) is 2. The highest BCUT2D eigenvalue weighted by molar-refractivity contribution is 5.95. The lowest BCUT2D eigenvalue weighted by Crippen LogP contribution is -2.49. The molecule has 0 spiro atoms. The molecule has 126 valence electrons. The smallest absolute Gasteiger partial charge is 0.317 e. The van der Waals surface area contributed by atoms with E-state index in [-0.39, 0.29) is 12.5 Å².